The Hall–Kier alpha value is -0.830. The molecule has 2 aliphatic rings. The summed E-state index contributed by atoms with van der Waals surface area (Å²) in [5, 5.41) is 2.92. The van der Waals surface area contributed by atoms with Gasteiger partial charge in [0.15, 0.2) is 0 Å². The molecule has 1 aromatic rings. The van der Waals surface area contributed by atoms with Gasteiger partial charge < -0.3 is 5.32 Å². The maximum atomic E-state index is 11.6. The third kappa shape index (κ3) is 0.854. The number of halogens is 1. The minimum atomic E-state index is -0.143. The molecule has 1 N–H and O–H groups in total. The topological polar surface area (TPSA) is 29.1 Å². The maximum absolute atomic E-state index is 11.6. The van der Waals surface area contributed by atoms with Gasteiger partial charge in [-0.25, -0.2) is 0 Å². The van der Waals surface area contributed by atoms with Crippen molar-refractivity contribution >= 4 is 27.5 Å². The summed E-state index contributed by atoms with van der Waals surface area (Å²) in [6.07, 6.45) is 2.01. The third-order valence-electron chi connectivity index (χ3n) is 2.93. The zero-order chi connectivity index (χ0) is 9.05. The predicted molar refractivity (Wildman–Crippen MR) is 53.7 cm³/mol. The zero-order valence-electron chi connectivity index (χ0n) is 6.93. The molecule has 0 unspecified atom stereocenters. The van der Waals surface area contributed by atoms with Crippen molar-refractivity contribution in [3.05, 3.63) is 28.2 Å². The zero-order valence-corrected chi connectivity index (χ0v) is 8.52. The van der Waals surface area contributed by atoms with E-state index in [1.165, 1.54) is 5.56 Å². The van der Waals surface area contributed by atoms with Crippen LogP contribution in [0.3, 0.4) is 0 Å². The van der Waals surface area contributed by atoms with Crippen molar-refractivity contribution in [3.63, 3.8) is 0 Å². The molecule has 2 nitrogen and oxygen atoms in total. The van der Waals surface area contributed by atoms with Crippen LogP contribution in [-0.4, -0.2) is 5.91 Å². The van der Waals surface area contributed by atoms with Gasteiger partial charge in [-0.05, 0) is 30.5 Å². The molecule has 1 fully saturated rings. The van der Waals surface area contributed by atoms with Crippen molar-refractivity contribution in [1.82, 2.24) is 0 Å². The van der Waals surface area contributed by atoms with E-state index in [1.54, 1.807) is 0 Å². The van der Waals surface area contributed by atoms with Crippen LogP contribution in [0.4, 0.5) is 5.69 Å². The fourth-order valence-electron chi connectivity index (χ4n) is 2.02. The number of carbonyl (C=O) groups excluding carboxylic acids is 1. The summed E-state index contributed by atoms with van der Waals surface area (Å²) >= 11 is 3.39. The Balaban J connectivity index is 2.22. The molecule has 1 aliphatic heterocycles. The van der Waals surface area contributed by atoms with E-state index in [4.69, 9.17) is 0 Å². The summed E-state index contributed by atoms with van der Waals surface area (Å²) in [7, 11) is 0. The van der Waals surface area contributed by atoms with E-state index in [0.29, 0.717) is 0 Å². The molecule has 1 amide bonds. The van der Waals surface area contributed by atoms with Gasteiger partial charge in [-0.2, -0.15) is 0 Å². The van der Waals surface area contributed by atoms with Gasteiger partial charge in [0.25, 0.3) is 0 Å². The molecule has 66 valence electrons. The van der Waals surface area contributed by atoms with Gasteiger partial charge in [-0.15, -0.1) is 0 Å². The summed E-state index contributed by atoms with van der Waals surface area (Å²) in [5.74, 6) is 0.181. The number of amides is 1. The monoisotopic (exact) mass is 237 g/mol. The number of fused-ring (bicyclic) bond motifs is 2. The average Bonchev–Trinajstić information content (AvgIpc) is 2.80. The summed E-state index contributed by atoms with van der Waals surface area (Å²) in [6, 6.07) is 6.02. The van der Waals surface area contributed by atoms with Gasteiger partial charge >= 0.3 is 0 Å². The van der Waals surface area contributed by atoms with Crippen LogP contribution >= 0.6 is 15.9 Å². The summed E-state index contributed by atoms with van der Waals surface area (Å²) < 4.78 is 1.02. The van der Waals surface area contributed by atoms with Crippen LogP contribution in [0, 0.1) is 0 Å². The van der Waals surface area contributed by atoms with E-state index >= 15 is 0 Å². The Morgan fingerprint density at radius 1 is 1.38 bits per heavy atom. The van der Waals surface area contributed by atoms with Crippen LogP contribution in [0.2, 0.25) is 0 Å². The lowest BCUT2D eigenvalue weighted by molar-refractivity contribution is -0.117. The molecule has 0 aromatic heterocycles. The summed E-state index contributed by atoms with van der Waals surface area (Å²) in [5.41, 5.74) is 2.02. The first-order chi connectivity index (χ1) is 6.22. The van der Waals surface area contributed by atoms with Crippen molar-refractivity contribution < 1.29 is 4.79 Å². The van der Waals surface area contributed by atoms with E-state index in [2.05, 4.69) is 21.2 Å². The first kappa shape index (κ1) is 7.56. The molecule has 1 aliphatic carbocycles. The molecule has 1 heterocycles. The summed E-state index contributed by atoms with van der Waals surface area (Å²) in [4.78, 5) is 11.6. The molecule has 0 radical (unpaired) electrons. The van der Waals surface area contributed by atoms with Crippen LogP contribution in [0.5, 0.6) is 0 Å². The van der Waals surface area contributed by atoms with Gasteiger partial charge in [0, 0.05) is 10.2 Å². The highest BCUT2D eigenvalue weighted by molar-refractivity contribution is 9.10. The van der Waals surface area contributed by atoms with Gasteiger partial charge in [0.2, 0.25) is 5.91 Å². The normalized spacial score (nSPS) is 21.5. The number of anilines is 1. The standard InChI is InChI=1S/C10H8BrNO/c11-6-1-2-7-8(5-6)12-9(13)10(7)3-4-10/h1-2,5H,3-4H2,(H,12,13). The minimum absolute atomic E-state index is 0.143. The molecule has 13 heavy (non-hydrogen) atoms. The largest absolute Gasteiger partial charge is 0.325 e. The fraction of sp³-hybridized carbons (Fsp3) is 0.300. The first-order valence-corrected chi connectivity index (χ1v) is 5.13. The smallest absolute Gasteiger partial charge is 0.235 e. The second-order valence-electron chi connectivity index (χ2n) is 3.73. The van der Waals surface area contributed by atoms with Crippen LogP contribution in [0.25, 0.3) is 0 Å². The highest BCUT2D eigenvalue weighted by Crippen LogP contribution is 2.55. The lowest BCUT2D eigenvalue weighted by atomic mass is 9.98. The average molecular weight is 238 g/mol. The number of hydrogen-bond acceptors (Lipinski definition) is 1. The van der Waals surface area contributed by atoms with E-state index in [1.807, 2.05) is 18.2 Å². The molecule has 0 bridgehead atoms. The predicted octanol–water partition coefficient (Wildman–Crippen LogP) is 2.43. The van der Waals surface area contributed by atoms with Crippen molar-refractivity contribution in [2.24, 2.45) is 0 Å². The van der Waals surface area contributed by atoms with Gasteiger partial charge in [-0.3, -0.25) is 4.79 Å². The maximum Gasteiger partial charge on any atom is 0.235 e. The number of carbonyl (C=O) groups is 1. The number of nitrogens with one attached hydrogen (secondary N) is 1. The Bertz CT molecular complexity index is 409. The molecular weight excluding hydrogens is 230 g/mol. The van der Waals surface area contributed by atoms with Crippen molar-refractivity contribution in [3.8, 4) is 0 Å². The third-order valence-corrected chi connectivity index (χ3v) is 3.42. The van der Waals surface area contributed by atoms with E-state index in [-0.39, 0.29) is 11.3 Å². The molecule has 0 saturated heterocycles. The van der Waals surface area contributed by atoms with Gasteiger partial charge in [0.1, 0.15) is 0 Å². The quantitative estimate of drug-likeness (QED) is 0.738. The SMILES string of the molecule is O=C1Nc2cc(Br)ccc2C12CC2. The van der Waals surface area contributed by atoms with E-state index in [9.17, 15) is 4.79 Å². The van der Waals surface area contributed by atoms with Crippen LogP contribution in [-0.2, 0) is 10.2 Å². The van der Waals surface area contributed by atoms with Crippen molar-refractivity contribution in [1.29, 1.82) is 0 Å². The Morgan fingerprint density at radius 2 is 2.15 bits per heavy atom. The van der Waals surface area contributed by atoms with Crippen LogP contribution in [0.1, 0.15) is 18.4 Å². The molecule has 1 aromatic carbocycles. The lowest BCUT2D eigenvalue weighted by Crippen LogP contribution is -2.18. The van der Waals surface area contributed by atoms with Gasteiger partial charge in [0.05, 0.1) is 5.41 Å². The number of benzene rings is 1. The molecular formula is C10H8BrNO. The van der Waals surface area contributed by atoms with Gasteiger partial charge in [-0.1, -0.05) is 22.0 Å². The Labute approximate surface area is 84.5 Å². The second kappa shape index (κ2) is 2.15. The number of hydrogen-bond donors (Lipinski definition) is 1. The van der Waals surface area contributed by atoms with E-state index < -0.39 is 0 Å². The highest BCUT2D eigenvalue weighted by atomic mass is 79.9. The number of rotatable bonds is 0. The lowest BCUT2D eigenvalue weighted by Gasteiger charge is -2.02. The second-order valence-corrected chi connectivity index (χ2v) is 4.64. The molecule has 1 saturated carbocycles. The molecule has 0 atom stereocenters. The van der Waals surface area contributed by atoms with E-state index in [0.717, 1.165) is 23.0 Å². The Morgan fingerprint density at radius 3 is 2.85 bits per heavy atom. The van der Waals surface area contributed by atoms with Crippen LogP contribution in [0.15, 0.2) is 22.7 Å². The molecule has 1 spiro atoms. The minimum Gasteiger partial charge on any atom is -0.325 e. The first-order valence-electron chi connectivity index (χ1n) is 4.34. The highest BCUT2D eigenvalue weighted by Gasteiger charge is 2.56. The van der Waals surface area contributed by atoms with Crippen molar-refractivity contribution in [2.75, 3.05) is 5.32 Å². The fourth-order valence-corrected chi connectivity index (χ4v) is 2.38. The Kier molecular flexibility index (Phi) is 1.25. The summed E-state index contributed by atoms with van der Waals surface area (Å²) in [6.45, 7) is 0. The molecule has 3 heteroatoms. The molecule has 3 rings (SSSR count). The van der Waals surface area contributed by atoms with Crippen LogP contribution < -0.4 is 5.32 Å². The van der Waals surface area contributed by atoms with Crippen molar-refractivity contribution in [2.45, 2.75) is 18.3 Å².